The molecule has 44 heavy (non-hydrogen) atoms. The standard InChI is InChI=1S/C18H17NO3S.C18H19NO2/c20-23-21-17-11-5-10-16(18(17)22-23)19-14-8-3-1-6-12(14)13-7-2-4-9-15(13)19;20-17-11-5-10-16(18(17)21)19-14-8-3-1-6-12(14)13-7-2-4-9-15(13)19/h1-4,6-9,16-18H,5,10-11H2;1-4,6-9,16-18,20-21H,5,10-11H2/t16?,17-,18+,23?;16?,17-,18+/m11/s1. The van der Waals surface area contributed by atoms with E-state index in [1.165, 1.54) is 32.6 Å². The van der Waals surface area contributed by atoms with Crippen LogP contribution in [0.1, 0.15) is 50.6 Å². The second kappa shape index (κ2) is 11.4. The number of rotatable bonds is 2. The first-order valence-corrected chi connectivity index (χ1v) is 16.7. The lowest BCUT2D eigenvalue weighted by molar-refractivity contribution is -0.0375. The van der Waals surface area contributed by atoms with Crippen LogP contribution >= 0.6 is 0 Å². The lowest BCUT2D eigenvalue weighted by Gasteiger charge is -2.33. The van der Waals surface area contributed by atoms with Gasteiger partial charge < -0.3 is 19.3 Å². The number of hydrogen-bond acceptors (Lipinski definition) is 5. The van der Waals surface area contributed by atoms with E-state index in [9.17, 15) is 14.4 Å². The molecule has 7 atom stereocenters. The molecule has 9 rings (SSSR count). The van der Waals surface area contributed by atoms with Crippen molar-refractivity contribution < 1.29 is 22.8 Å². The highest BCUT2D eigenvalue weighted by molar-refractivity contribution is 7.75. The molecule has 0 spiro atoms. The van der Waals surface area contributed by atoms with E-state index in [1.807, 2.05) is 24.3 Å². The van der Waals surface area contributed by atoms with Crippen molar-refractivity contribution in [3.63, 3.8) is 0 Å². The number of hydrogen-bond donors (Lipinski definition) is 2. The molecular formula is C36H36N2O5S. The second-order valence-corrected chi connectivity index (χ2v) is 13.1. The minimum Gasteiger partial charge on any atom is -0.390 e. The van der Waals surface area contributed by atoms with Gasteiger partial charge in [-0.3, -0.25) is 8.37 Å². The monoisotopic (exact) mass is 608 g/mol. The zero-order valence-corrected chi connectivity index (χ0v) is 25.2. The normalized spacial score (nSPS) is 28.7. The Morgan fingerprint density at radius 2 is 1.00 bits per heavy atom. The number of aliphatic hydroxyl groups is 2. The van der Waals surface area contributed by atoms with Crippen molar-refractivity contribution in [1.29, 1.82) is 0 Å². The summed E-state index contributed by atoms with van der Waals surface area (Å²) in [6, 6.07) is 33.7. The van der Waals surface area contributed by atoms with E-state index in [1.54, 1.807) is 0 Å². The summed E-state index contributed by atoms with van der Waals surface area (Å²) in [5.41, 5.74) is 4.69. The van der Waals surface area contributed by atoms with Crippen molar-refractivity contribution in [2.75, 3.05) is 0 Å². The summed E-state index contributed by atoms with van der Waals surface area (Å²) in [6.45, 7) is 0. The summed E-state index contributed by atoms with van der Waals surface area (Å²) < 4.78 is 27.4. The Labute approximate surface area is 258 Å². The smallest absolute Gasteiger partial charge is 0.305 e. The first-order chi connectivity index (χ1) is 21.6. The molecule has 1 aliphatic heterocycles. The molecule has 0 radical (unpaired) electrons. The van der Waals surface area contributed by atoms with Crippen LogP contribution in [-0.4, -0.2) is 48.0 Å². The molecule has 8 heteroatoms. The van der Waals surface area contributed by atoms with Crippen molar-refractivity contribution >= 4 is 55.0 Å². The minimum atomic E-state index is -1.61. The minimum absolute atomic E-state index is 0.0569. The van der Waals surface area contributed by atoms with Crippen LogP contribution in [0.5, 0.6) is 0 Å². The van der Waals surface area contributed by atoms with E-state index in [0.29, 0.717) is 6.42 Å². The molecule has 0 bridgehead atoms. The molecule has 2 aromatic heterocycles. The molecule has 2 saturated carbocycles. The molecule has 7 nitrogen and oxygen atoms in total. The largest absolute Gasteiger partial charge is 0.390 e. The van der Waals surface area contributed by atoms with Crippen LogP contribution in [0.25, 0.3) is 43.6 Å². The summed E-state index contributed by atoms with van der Waals surface area (Å²) in [6.07, 6.45) is 4.03. The Hall–Kier alpha value is -3.53. The maximum absolute atomic E-state index is 11.7. The summed E-state index contributed by atoms with van der Waals surface area (Å²) in [7, 11) is 0. The lowest BCUT2D eigenvalue weighted by atomic mass is 9.89. The maximum atomic E-state index is 11.7. The highest BCUT2D eigenvalue weighted by atomic mass is 32.2. The van der Waals surface area contributed by atoms with Crippen LogP contribution in [0.2, 0.25) is 0 Å². The van der Waals surface area contributed by atoms with Gasteiger partial charge in [0, 0.05) is 43.6 Å². The predicted molar refractivity (Wildman–Crippen MR) is 175 cm³/mol. The summed E-state index contributed by atoms with van der Waals surface area (Å²) in [5.74, 6) is 0. The highest BCUT2D eigenvalue weighted by Gasteiger charge is 2.44. The van der Waals surface area contributed by atoms with Gasteiger partial charge in [0.2, 0.25) is 0 Å². The van der Waals surface area contributed by atoms with Crippen LogP contribution in [0.15, 0.2) is 97.1 Å². The SMILES string of the molecule is O=S1O[C@@H]2CCCC(n3c4ccccc4c4ccccc43)[C@@H]2O1.O[C@@H]1CCCC(n2c3ccccc3c3ccccc32)[C@@H]1O. The van der Waals surface area contributed by atoms with Gasteiger partial charge in [-0.15, -0.1) is 0 Å². The summed E-state index contributed by atoms with van der Waals surface area (Å²) >= 11 is -1.61. The second-order valence-electron chi connectivity index (χ2n) is 12.3. The summed E-state index contributed by atoms with van der Waals surface area (Å²) in [4.78, 5) is 0. The Kier molecular flexibility index (Phi) is 7.27. The van der Waals surface area contributed by atoms with Crippen LogP contribution in [0, 0.1) is 0 Å². The van der Waals surface area contributed by atoms with Gasteiger partial charge in [-0.25, -0.2) is 0 Å². The van der Waals surface area contributed by atoms with Gasteiger partial charge in [0.1, 0.15) is 18.3 Å². The molecule has 2 N–H and O–H groups in total. The molecule has 4 aromatic carbocycles. The van der Waals surface area contributed by atoms with Gasteiger partial charge in [0.05, 0.1) is 18.2 Å². The maximum Gasteiger partial charge on any atom is 0.305 e. The number of para-hydroxylation sites is 4. The van der Waals surface area contributed by atoms with Crippen LogP contribution < -0.4 is 0 Å². The number of aromatic nitrogens is 2. The molecule has 3 unspecified atom stereocenters. The first kappa shape index (κ1) is 28.0. The number of aliphatic hydroxyl groups excluding tert-OH is 2. The molecule has 3 fully saturated rings. The van der Waals surface area contributed by atoms with Gasteiger partial charge in [0.15, 0.2) is 0 Å². The number of fused-ring (bicyclic) bond motifs is 7. The third-order valence-electron chi connectivity index (χ3n) is 9.81. The third-order valence-corrected chi connectivity index (χ3v) is 10.6. The van der Waals surface area contributed by atoms with E-state index >= 15 is 0 Å². The van der Waals surface area contributed by atoms with Crippen molar-refractivity contribution in [3.8, 4) is 0 Å². The molecule has 0 amide bonds. The molecule has 3 heterocycles. The first-order valence-electron chi connectivity index (χ1n) is 15.7. The predicted octanol–water partition coefficient (Wildman–Crippen LogP) is 7.12. The van der Waals surface area contributed by atoms with E-state index < -0.39 is 23.6 Å². The average molecular weight is 609 g/mol. The molecule has 6 aromatic rings. The average Bonchev–Trinajstić information content (AvgIpc) is 3.72. The van der Waals surface area contributed by atoms with E-state index in [0.717, 1.165) is 43.1 Å². The highest BCUT2D eigenvalue weighted by Crippen LogP contribution is 2.42. The van der Waals surface area contributed by atoms with Crippen molar-refractivity contribution in [2.24, 2.45) is 0 Å². The van der Waals surface area contributed by atoms with Gasteiger partial charge in [-0.1, -0.05) is 72.8 Å². The Balaban J connectivity index is 0.000000132. The van der Waals surface area contributed by atoms with Gasteiger partial charge in [-0.2, -0.15) is 4.21 Å². The van der Waals surface area contributed by atoms with Gasteiger partial charge in [-0.05, 0) is 62.8 Å². The Bertz CT molecular complexity index is 1890. The molecule has 2 aliphatic carbocycles. The quantitative estimate of drug-likeness (QED) is 0.219. The molecule has 1 saturated heterocycles. The zero-order chi connectivity index (χ0) is 29.8. The van der Waals surface area contributed by atoms with Gasteiger partial charge in [0.25, 0.3) is 0 Å². The molecule has 3 aliphatic rings. The fourth-order valence-corrected chi connectivity index (χ4v) is 8.75. The number of nitrogens with zero attached hydrogens (tertiary/aromatic N) is 2. The fourth-order valence-electron chi connectivity index (χ4n) is 7.86. The zero-order valence-electron chi connectivity index (χ0n) is 24.4. The van der Waals surface area contributed by atoms with E-state index in [-0.39, 0.29) is 24.3 Å². The Morgan fingerprint density at radius 1 is 0.568 bits per heavy atom. The van der Waals surface area contributed by atoms with Crippen molar-refractivity contribution in [2.45, 2.75) is 75.0 Å². The van der Waals surface area contributed by atoms with Crippen LogP contribution in [0.3, 0.4) is 0 Å². The number of benzene rings is 4. The summed E-state index contributed by atoms with van der Waals surface area (Å²) in [5, 5.41) is 25.4. The molecular weight excluding hydrogens is 572 g/mol. The van der Waals surface area contributed by atoms with Crippen molar-refractivity contribution in [3.05, 3.63) is 97.1 Å². The molecule has 226 valence electrons. The topological polar surface area (TPSA) is 85.9 Å². The fraction of sp³-hybridized carbons (Fsp3) is 0.333. The van der Waals surface area contributed by atoms with E-state index in [4.69, 9.17) is 8.37 Å². The van der Waals surface area contributed by atoms with E-state index in [2.05, 4.69) is 81.9 Å². The Morgan fingerprint density at radius 3 is 1.52 bits per heavy atom. The lowest BCUT2D eigenvalue weighted by Crippen LogP contribution is -2.38. The van der Waals surface area contributed by atoms with Crippen molar-refractivity contribution in [1.82, 2.24) is 9.13 Å². The third kappa shape index (κ3) is 4.59. The van der Waals surface area contributed by atoms with Crippen LogP contribution in [0.4, 0.5) is 0 Å². The van der Waals surface area contributed by atoms with Gasteiger partial charge >= 0.3 is 11.4 Å². The van der Waals surface area contributed by atoms with Crippen LogP contribution in [-0.2, 0) is 19.7 Å².